The minimum atomic E-state index is -0.176. The SMILES string of the molecule is CCc1nn(C)c(CC(NN)c2ncn[nH]2)c1Cl. The molecule has 0 spiro atoms. The summed E-state index contributed by atoms with van der Waals surface area (Å²) in [4.78, 5) is 4.09. The number of hydrogen-bond donors (Lipinski definition) is 3. The van der Waals surface area contributed by atoms with E-state index in [-0.39, 0.29) is 6.04 Å². The largest absolute Gasteiger partial charge is 0.271 e. The summed E-state index contributed by atoms with van der Waals surface area (Å²) in [6.45, 7) is 2.02. The fourth-order valence-corrected chi connectivity index (χ4v) is 2.22. The molecule has 4 N–H and O–H groups in total. The van der Waals surface area contributed by atoms with Crippen molar-refractivity contribution >= 4 is 11.6 Å². The number of halogens is 1. The van der Waals surface area contributed by atoms with Gasteiger partial charge >= 0.3 is 0 Å². The van der Waals surface area contributed by atoms with Gasteiger partial charge in [0.1, 0.15) is 12.2 Å². The zero-order chi connectivity index (χ0) is 13.1. The van der Waals surface area contributed by atoms with Crippen LogP contribution in [0.25, 0.3) is 0 Å². The van der Waals surface area contributed by atoms with Gasteiger partial charge in [-0.05, 0) is 6.42 Å². The normalized spacial score (nSPS) is 12.9. The lowest BCUT2D eigenvalue weighted by Crippen LogP contribution is -2.31. The van der Waals surface area contributed by atoms with Crippen LogP contribution in [0.3, 0.4) is 0 Å². The molecule has 2 aromatic rings. The van der Waals surface area contributed by atoms with Gasteiger partial charge in [-0.2, -0.15) is 10.2 Å². The standard InChI is InChI=1S/C10H16ClN7/c1-3-6-9(11)8(18(2)17-6)4-7(15-12)10-13-5-14-16-10/h5,7,15H,3-4,12H2,1-2H3,(H,13,14,16). The van der Waals surface area contributed by atoms with E-state index in [1.54, 1.807) is 4.68 Å². The Morgan fingerprint density at radius 1 is 1.61 bits per heavy atom. The minimum absolute atomic E-state index is 0.176. The Morgan fingerprint density at radius 2 is 2.39 bits per heavy atom. The Morgan fingerprint density at radius 3 is 2.89 bits per heavy atom. The maximum absolute atomic E-state index is 6.29. The molecule has 8 heteroatoms. The van der Waals surface area contributed by atoms with Gasteiger partial charge < -0.3 is 0 Å². The van der Waals surface area contributed by atoms with Crippen molar-refractivity contribution in [3.63, 3.8) is 0 Å². The predicted octanol–water partition coefficient (Wildman–Crippen LogP) is 0.501. The lowest BCUT2D eigenvalue weighted by Gasteiger charge is -2.13. The van der Waals surface area contributed by atoms with Gasteiger partial charge in [-0.15, -0.1) is 0 Å². The van der Waals surface area contributed by atoms with E-state index in [1.807, 2.05) is 14.0 Å². The molecule has 0 saturated heterocycles. The van der Waals surface area contributed by atoms with Crippen molar-refractivity contribution in [3.05, 3.63) is 28.6 Å². The third-order valence-electron chi connectivity index (χ3n) is 2.87. The number of aromatic amines is 1. The molecule has 0 radical (unpaired) electrons. The molecule has 1 unspecified atom stereocenters. The molecule has 98 valence electrons. The van der Waals surface area contributed by atoms with E-state index in [9.17, 15) is 0 Å². The fraction of sp³-hybridized carbons (Fsp3) is 0.500. The van der Waals surface area contributed by atoms with Crippen molar-refractivity contribution in [2.75, 3.05) is 0 Å². The Bertz CT molecular complexity index is 505. The summed E-state index contributed by atoms with van der Waals surface area (Å²) >= 11 is 6.29. The number of nitrogens with two attached hydrogens (primary N) is 1. The van der Waals surface area contributed by atoms with Crippen LogP contribution in [0.5, 0.6) is 0 Å². The maximum Gasteiger partial charge on any atom is 0.143 e. The first-order valence-corrected chi connectivity index (χ1v) is 6.06. The number of H-pyrrole nitrogens is 1. The molecule has 0 saturated carbocycles. The second-order valence-electron chi connectivity index (χ2n) is 3.98. The smallest absolute Gasteiger partial charge is 0.143 e. The Kier molecular flexibility index (Phi) is 3.95. The van der Waals surface area contributed by atoms with Crippen molar-refractivity contribution in [3.8, 4) is 0 Å². The topological polar surface area (TPSA) is 97.4 Å². The summed E-state index contributed by atoms with van der Waals surface area (Å²) in [5.74, 6) is 6.21. The second kappa shape index (κ2) is 5.47. The maximum atomic E-state index is 6.29. The molecule has 1 atom stereocenters. The molecule has 2 heterocycles. The van der Waals surface area contributed by atoms with E-state index in [4.69, 9.17) is 17.4 Å². The Labute approximate surface area is 110 Å². The van der Waals surface area contributed by atoms with E-state index < -0.39 is 0 Å². The molecule has 0 aromatic carbocycles. The van der Waals surface area contributed by atoms with Crippen molar-refractivity contribution in [1.29, 1.82) is 0 Å². The van der Waals surface area contributed by atoms with Crippen LogP contribution < -0.4 is 11.3 Å². The highest BCUT2D eigenvalue weighted by Gasteiger charge is 2.20. The van der Waals surface area contributed by atoms with Crippen LogP contribution in [-0.2, 0) is 19.9 Å². The molecular formula is C10H16ClN7. The quantitative estimate of drug-likeness (QED) is 0.542. The Hall–Kier alpha value is -1.44. The van der Waals surface area contributed by atoms with E-state index in [0.717, 1.165) is 17.8 Å². The molecule has 0 aliphatic rings. The van der Waals surface area contributed by atoms with E-state index in [2.05, 4.69) is 25.7 Å². The second-order valence-corrected chi connectivity index (χ2v) is 4.36. The van der Waals surface area contributed by atoms with Gasteiger partial charge in [0.25, 0.3) is 0 Å². The highest BCUT2D eigenvalue weighted by Crippen LogP contribution is 2.24. The van der Waals surface area contributed by atoms with Gasteiger partial charge in [0.15, 0.2) is 0 Å². The van der Waals surface area contributed by atoms with Gasteiger partial charge in [0.2, 0.25) is 0 Å². The molecule has 0 bridgehead atoms. The highest BCUT2D eigenvalue weighted by molar-refractivity contribution is 6.31. The van der Waals surface area contributed by atoms with Crippen LogP contribution in [0.15, 0.2) is 6.33 Å². The number of rotatable bonds is 5. The minimum Gasteiger partial charge on any atom is -0.271 e. The van der Waals surface area contributed by atoms with Crippen molar-refractivity contribution in [2.24, 2.45) is 12.9 Å². The van der Waals surface area contributed by atoms with Gasteiger partial charge in [-0.25, -0.2) is 10.4 Å². The van der Waals surface area contributed by atoms with E-state index in [0.29, 0.717) is 17.3 Å². The number of aromatic nitrogens is 5. The predicted molar refractivity (Wildman–Crippen MR) is 67.7 cm³/mol. The van der Waals surface area contributed by atoms with E-state index in [1.165, 1.54) is 6.33 Å². The first-order chi connectivity index (χ1) is 8.67. The monoisotopic (exact) mass is 269 g/mol. The summed E-state index contributed by atoms with van der Waals surface area (Å²) in [6.07, 6.45) is 2.84. The molecule has 0 aliphatic heterocycles. The molecule has 2 aromatic heterocycles. The number of hydrazine groups is 1. The van der Waals surface area contributed by atoms with Crippen molar-refractivity contribution in [2.45, 2.75) is 25.8 Å². The van der Waals surface area contributed by atoms with Crippen LogP contribution in [0.1, 0.15) is 30.2 Å². The van der Waals surface area contributed by atoms with Gasteiger partial charge in [0, 0.05) is 13.5 Å². The van der Waals surface area contributed by atoms with Crippen LogP contribution in [-0.4, -0.2) is 25.0 Å². The van der Waals surface area contributed by atoms with Gasteiger partial charge in [-0.1, -0.05) is 18.5 Å². The summed E-state index contributed by atoms with van der Waals surface area (Å²) in [5, 5.41) is 11.7. The molecular weight excluding hydrogens is 254 g/mol. The number of hydrogen-bond acceptors (Lipinski definition) is 5. The zero-order valence-electron chi connectivity index (χ0n) is 10.3. The molecule has 18 heavy (non-hydrogen) atoms. The third kappa shape index (κ3) is 2.38. The number of aryl methyl sites for hydroxylation is 2. The first-order valence-electron chi connectivity index (χ1n) is 5.69. The average molecular weight is 270 g/mol. The summed E-state index contributed by atoms with van der Waals surface area (Å²) < 4.78 is 1.78. The fourth-order valence-electron chi connectivity index (χ4n) is 1.85. The van der Waals surface area contributed by atoms with Crippen LogP contribution in [0.4, 0.5) is 0 Å². The lowest BCUT2D eigenvalue weighted by molar-refractivity contribution is 0.506. The molecule has 2 rings (SSSR count). The van der Waals surface area contributed by atoms with Crippen molar-refractivity contribution in [1.82, 2.24) is 30.4 Å². The zero-order valence-corrected chi connectivity index (χ0v) is 11.1. The van der Waals surface area contributed by atoms with Crippen LogP contribution >= 0.6 is 11.6 Å². The summed E-state index contributed by atoms with van der Waals surface area (Å²) in [7, 11) is 1.87. The Balaban J connectivity index is 2.25. The molecule has 0 amide bonds. The highest BCUT2D eigenvalue weighted by atomic mass is 35.5. The average Bonchev–Trinajstić information content (AvgIpc) is 2.97. The van der Waals surface area contributed by atoms with Crippen LogP contribution in [0, 0.1) is 0 Å². The van der Waals surface area contributed by atoms with Gasteiger partial charge in [-0.3, -0.25) is 15.6 Å². The first kappa shape index (κ1) is 13.0. The molecule has 0 aliphatic carbocycles. The van der Waals surface area contributed by atoms with E-state index >= 15 is 0 Å². The third-order valence-corrected chi connectivity index (χ3v) is 3.30. The number of nitrogens with zero attached hydrogens (tertiary/aromatic N) is 4. The molecule has 7 nitrogen and oxygen atoms in total. The van der Waals surface area contributed by atoms with Gasteiger partial charge in [0.05, 0.1) is 22.5 Å². The van der Waals surface area contributed by atoms with Crippen LogP contribution in [0.2, 0.25) is 5.02 Å². The lowest BCUT2D eigenvalue weighted by atomic mass is 10.1. The van der Waals surface area contributed by atoms with Crippen molar-refractivity contribution < 1.29 is 0 Å². The summed E-state index contributed by atoms with van der Waals surface area (Å²) in [5.41, 5.74) is 4.52. The number of nitrogens with one attached hydrogen (secondary N) is 2. The summed E-state index contributed by atoms with van der Waals surface area (Å²) in [6, 6.07) is -0.176. The molecule has 0 fully saturated rings.